The number of amides is 1. The first kappa shape index (κ1) is 15.5. The maximum atomic E-state index is 12.4. The highest BCUT2D eigenvalue weighted by atomic mass is 32.1. The zero-order chi connectivity index (χ0) is 15.7. The first-order valence-corrected chi connectivity index (χ1v) is 8.98. The lowest BCUT2D eigenvalue weighted by molar-refractivity contribution is -0.124. The molecule has 1 aliphatic heterocycles. The molecule has 0 spiro atoms. The van der Waals surface area contributed by atoms with Crippen molar-refractivity contribution < 1.29 is 4.79 Å². The van der Waals surface area contributed by atoms with Crippen LogP contribution in [0.1, 0.15) is 49.6 Å². The largest absolute Gasteiger partial charge is 0.337 e. The molecule has 1 fully saturated rings. The van der Waals surface area contributed by atoms with Crippen LogP contribution >= 0.6 is 11.3 Å². The van der Waals surface area contributed by atoms with Gasteiger partial charge in [0.25, 0.3) is 0 Å². The fourth-order valence-electron chi connectivity index (χ4n) is 3.51. The van der Waals surface area contributed by atoms with E-state index in [4.69, 9.17) is 0 Å². The SMILES string of the molecule is CCC1c2ccsc2CCN1CC(=O)NC(C)(C#N)C1CC1. The van der Waals surface area contributed by atoms with E-state index in [-0.39, 0.29) is 5.91 Å². The summed E-state index contributed by atoms with van der Waals surface area (Å²) < 4.78 is 0. The van der Waals surface area contributed by atoms with Crippen LogP contribution in [0.25, 0.3) is 0 Å². The van der Waals surface area contributed by atoms with E-state index in [0.29, 0.717) is 18.5 Å². The Morgan fingerprint density at radius 3 is 3.00 bits per heavy atom. The van der Waals surface area contributed by atoms with E-state index in [1.807, 2.05) is 18.3 Å². The van der Waals surface area contributed by atoms with Crippen LogP contribution in [0.4, 0.5) is 0 Å². The Labute approximate surface area is 136 Å². The number of thiophene rings is 1. The van der Waals surface area contributed by atoms with Crippen LogP contribution in [0.15, 0.2) is 11.4 Å². The molecule has 1 amide bonds. The summed E-state index contributed by atoms with van der Waals surface area (Å²) in [6.07, 6.45) is 4.12. The third-order valence-corrected chi connectivity index (χ3v) is 5.96. The number of nitriles is 1. The lowest BCUT2D eigenvalue weighted by Gasteiger charge is -2.35. The molecular weight excluding hydrogens is 294 g/mol. The van der Waals surface area contributed by atoms with Crippen molar-refractivity contribution in [2.24, 2.45) is 5.92 Å². The number of fused-ring (bicyclic) bond motifs is 1. The standard InChI is InChI=1S/C17H23N3OS/c1-3-14-13-7-9-22-15(13)6-8-20(14)10-16(21)19-17(2,11-18)12-4-5-12/h7,9,12,14H,3-6,8,10H2,1-2H3,(H,19,21). The Bertz CT molecular complexity index is 601. The van der Waals surface area contributed by atoms with Gasteiger partial charge in [-0.1, -0.05) is 6.92 Å². The van der Waals surface area contributed by atoms with Gasteiger partial charge in [-0.25, -0.2) is 0 Å². The molecule has 1 N–H and O–H groups in total. The number of nitrogens with zero attached hydrogens (tertiary/aromatic N) is 2. The van der Waals surface area contributed by atoms with E-state index in [1.165, 1.54) is 10.4 Å². The minimum absolute atomic E-state index is 0.0203. The Hall–Kier alpha value is -1.38. The van der Waals surface area contributed by atoms with Crippen molar-refractivity contribution in [2.45, 2.75) is 51.1 Å². The minimum atomic E-state index is -0.692. The van der Waals surface area contributed by atoms with E-state index >= 15 is 0 Å². The first-order valence-electron chi connectivity index (χ1n) is 8.10. The molecule has 2 aliphatic rings. The molecule has 1 aromatic heterocycles. The summed E-state index contributed by atoms with van der Waals surface area (Å²) in [4.78, 5) is 16.1. The highest BCUT2D eigenvalue weighted by molar-refractivity contribution is 7.10. The molecule has 1 saturated carbocycles. The highest BCUT2D eigenvalue weighted by Crippen LogP contribution is 2.39. The van der Waals surface area contributed by atoms with Crippen molar-refractivity contribution in [3.05, 3.63) is 21.9 Å². The number of carbonyl (C=O) groups is 1. The normalized spacial score (nSPS) is 24.1. The van der Waals surface area contributed by atoms with Crippen LogP contribution in [-0.2, 0) is 11.2 Å². The molecule has 2 atom stereocenters. The molecule has 4 nitrogen and oxygen atoms in total. The van der Waals surface area contributed by atoms with E-state index < -0.39 is 5.54 Å². The van der Waals surface area contributed by atoms with Crippen molar-refractivity contribution in [3.8, 4) is 6.07 Å². The van der Waals surface area contributed by atoms with Crippen LogP contribution < -0.4 is 5.32 Å². The van der Waals surface area contributed by atoms with Gasteiger partial charge in [0.15, 0.2) is 0 Å². The monoisotopic (exact) mass is 317 g/mol. The summed E-state index contributed by atoms with van der Waals surface area (Å²) in [5, 5.41) is 14.5. The molecule has 1 aliphatic carbocycles. The number of rotatable bonds is 5. The van der Waals surface area contributed by atoms with Gasteiger partial charge >= 0.3 is 0 Å². The maximum Gasteiger partial charge on any atom is 0.235 e. The van der Waals surface area contributed by atoms with Gasteiger partial charge in [0, 0.05) is 17.5 Å². The molecule has 118 valence electrons. The molecular formula is C17H23N3OS. The molecule has 0 bridgehead atoms. The molecule has 1 aromatic rings. The second-order valence-corrected chi connectivity index (χ2v) is 7.58. The zero-order valence-corrected chi connectivity index (χ0v) is 14.1. The van der Waals surface area contributed by atoms with E-state index in [1.54, 1.807) is 0 Å². The molecule has 0 radical (unpaired) electrons. The molecule has 0 saturated heterocycles. The zero-order valence-electron chi connectivity index (χ0n) is 13.3. The van der Waals surface area contributed by atoms with Crippen LogP contribution in [-0.4, -0.2) is 29.4 Å². The average molecular weight is 317 g/mol. The minimum Gasteiger partial charge on any atom is -0.337 e. The summed E-state index contributed by atoms with van der Waals surface area (Å²) in [6, 6.07) is 4.82. The van der Waals surface area contributed by atoms with Crippen molar-refractivity contribution in [1.82, 2.24) is 10.2 Å². The van der Waals surface area contributed by atoms with Crippen molar-refractivity contribution in [1.29, 1.82) is 5.26 Å². The number of carbonyl (C=O) groups excluding carboxylic acids is 1. The lowest BCUT2D eigenvalue weighted by atomic mass is 9.96. The van der Waals surface area contributed by atoms with Gasteiger partial charge in [0.1, 0.15) is 5.54 Å². The summed E-state index contributed by atoms with van der Waals surface area (Å²) in [5.74, 6) is 0.307. The number of hydrogen-bond acceptors (Lipinski definition) is 4. The highest BCUT2D eigenvalue weighted by Gasteiger charge is 2.43. The molecule has 3 rings (SSSR count). The average Bonchev–Trinajstić information content (AvgIpc) is 3.26. The maximum absolute atomic E-state index is 12.4. The van der Waals surface area contributed by atoms with Gasteiger partial charge < -0.3 is 5.32 Å². The van der Waals surface area contributed by atoms with Crippen LogP contribution in [0, 0.1) is 17.2 Å². The van der Waals surface area contributed by atoms with Gasteiger partial charge in [-0.05, 0) is 55.5 Å². The topological polar surface area (TPSA) is 56.1 Å². The molecule has 2 unspecified atom stereocenters. The van der Waals surface area contributed by atoms with Crippen molar-refractivity contribution in [3.63, 3.8) is 0 Å². The third-order valence-electron chi connectivity index (χ3n) is 4.96. The van der Waals surface area contributed by atoms with Gasteiger partial charge in [-0.15, -0.1) is 11.3 Å². The smallest absolute Gasteiger partial charge is 0.235 e. The Morgan fingerprint density at radius 1 is 1.59 bits per heavy atom. The van der Waals surface area contributed by atoms with E-state index in [2.05, 4.69) is 34.7 Å². The number of nitrogens with one attached hydrogen (secondary N) is 1. The van der Waals surface area contributed by atoms with Crippen LogP contribution in [0.2, 0.25) is 0 Å². The van der Waals surface area contributed by atoms with Gasteiger partial charge in [0.2, 0.25) is 5.91 Å². The fraction of sp³-hybridized carbons (Fsp3) is 0.647. The van der Waals surface area contributed by atoms with Crippen molar-refractivity contribution in [2.75, 3.05) is 13.1 Å². The summed E-state index contributed by atoms with van der Waals surface area (Å²) >= 11 is 1.82. The van der Waals surface area contributed by atoms with Gasteiger partial charge in [0.05, 0.1) is 12.6 Å². The predicted octanol–water partition coefficient (Wildman–Crippen LogP) is 2.87. The fourth-order valence-corrected chi connectivity index (χ4v) is 4.44. The second-order valence-electron chi connectivity index (χ2n) is 6.58. The van der Waals surface area contributed by atoms with Crippen molar-refractivity contribution >= 4 is 17.2 Å². The van der Waals surface area contributed by atoms with Gasteiger partial charge in [-0.2, -0.15) is 5.26 Å². The van der Waals surface area contributed by atoms with Crippen LogP contribution in [0.3, 0.4) is 0 Å². The third kappa shape index (κ3) is 2.90. The first-order chi connectivity index (χ1) is 10.6. The quantitative estimate of drug-likeness (QED) is 0.908. The van der Waals surface area contributed by atoms with E-state index in [0.717, 1.165) is 32.2 Å². The van der Waals surface area contributed by atoms with Crippen LogP contribution in [0.5, 0.6) is 0 Å². The Morgan fingerprint density at radius 2 is 2.36 bits per heavy atom. The summed E-state index contributed by atoms with van der Waals surface area (Å²) in [6.45, 7) is 5.34. The summed E-state index contributed by atoms with van der Waals surface area (Å²) in [5.41, 5.74) is 0.694. The number of hydrogen-bond donors (Lipinski definition) is 1. The molecule has 22 heavy (non-hydrogen) atoms. The molecule has 2 heterocycles. The Kier molecular flexibility index (Phi) is 4.24. The predicted molar refractivity (Wildman–Crippen MR) is 87.5 cm³/mol. The van der Waals surface area contributed by atoms with E-state index in [9.17, 15) is 10.1 Å². The summed E-state index contributed by atoms with van der Waals surface area (Å²) in [7, 11) is 0. The lowest BCUT2D eigenvalue weighted by Crippen LogP contribution is -2.51. The Balaban J connectivity index is 1.65. The second kappa shape index (κ2) is 6.02. The molecule has 0 aromatic carbocycles. The van der Waals surface area contributed by atoms with Gasteiger partial charge in [-0.3, -0.25) is 9.69 Å². The molecule has 5 heteroatoms.